The molecule has 4 heteroatoms. The molecule has 0 atom stereocenters. The first-order valence-corrected chi connectivity index (χ1v) is 14.6. The van der Waals surface area contributed by atoms with Gasteiger partial charge in [0, 0.05) is 34.1 Å². The lowest BCUT2D eigenvalue weighted by molar-refractivity contribution is 0.660. The van der Waals surface area contributed by atoms with E-state index in [4.69, 9.17) is 4.42 Å². The number of aromatic nitrogens is 2. The molecule has 1 aliphatic carbocycles. The second kappa shape index (κ2) is 8.52. The molecule has 0 saturated carbocycles. The van der Waals surface area contributed by atoms with Gasteiger partial charge in [-0.25, -0.2) is 0 Å². The fraction of sp³-hybridized carbons (Fsp3) is 0.0769. The van der Waals surface area contributed by atoms with Crippen molar-refractivity contribution < 1.29 is 4.42 Å². The van der Waals surface area contributed by atoms with Gasteiger partial charge in [-0.2, -0.15) is 0 Å². The van der Waals surface area contributed by atoms with Crippen LogP contribution in [0.25, 0.3) is 71.7 Å². The molecule has 0 unspecified atom stereocenters. The number of nitrogens with zero attached hydrogens (tertiary/aromatic N) is 2. The van der Waals surface area contributed by atoms with Crippen LogP contribution in [-0.2, 0) is 5.41 Å². The van der Waals surface area contributed by atoms with Gasteiger partial charge in [0.25, 0.3) is 0 Å². The van der Waals surface area contributed by atoms with E-state index >= 15 is 0 Å². The molecule has 3 heterocycles. The van der Waals surface area contributed by atoms with Crippen LogP contribution in [0.1, 0.15) is 25.0 Å². The molecule has 0 amide bonds. The fourth-order valence-corrected chi connectivity index (χ4v) is 7.20. The fourth-order valence-electron chi connectivity index (χ4n) is 7.20. The number of hydrogen-bond acceptors (Lipinski definition) is 3. The summed E-state index contributed by atoms with van der Waals surface area (Å²) < 4.78 is 8.61. The van der Waals surface area contributed by atoms with E-state index in [2.05, 4.69) is 90.1 Å². The normalized spacial score (nSPS) is 13.6. The van der Waals surface area contributed by atoms with Gasteiger partial charge in [0.1, 0.15) is 11.2 Å². The maximum absolute atomic E-state index is 13.2. The van der Waals surface area contributed by atoms with E-state index in [-0.39, 0.29) is 10.8 Å². The standard InChI is InChI=1S/C39H26N2O2/c1-39(2)31-12-6-3-10-25(31)28-20-29-30-22-40-18-17-34(30)41(35(29)21-32(28)39)33-13-7-4-9-24(33)23-15-16-27-37(19-23)43-36-14-8-5-11-26(36)38(27)42/h3-22H,1-2H3. The molecule has 0 saturated heterocycles. The van der Waals surface area contributed by atoms with E-state index in [0.717, 1.165) is 33.2 Å². The van der Waals surface area contributed by atoms with Gasteiger partial charge in [-0.3, -0.25) is 9.78 Å². The van der Waals surface area contributed by atoms with E-state index in [0.29, 0.717) is 21.9 Å². The van der Waals surface area contributed by atoms with Crippen LogP contribution in [0.2, 0.25) is 0 Å². The first kappa shape index (κ1) is 24.2. The highest BCUT2D eigenvalue weighted by Gasteiger charge is 2.36. The second-order valence-electron chi connectivity index (χ2n) is 12.0. The Balaban J connectivity index is 1.33. The predicted octanol–water partition coefficient (Wildman–Crippen LogP) is 9.41. The summed E-state index contributed by atoms with van der Waals surface area (Å²) in [7, 11) is 0. The van der Waals surface area contributed by atoms with Crippen LogP contribution in [0.5, 0.6) is 0 Å². The third-order valence-corrected chi connectivity index (χ3v) is 9.30. The van der Waals surface area contributed by atoms with Crippen LogP contribution in [-0.4, -0.2) is 9.55 Å². The van der Waals surface area contributed by atoms with E-state index < -0.39 is 0 Å². The highest BCUT2D eigenvalue weighted by molar-refractivity contribution is 6.12. The van der Waals surface area contributed by atoms with Crippen LogP contribution in [0.15, 0.2) is 131 Å². The van der Waals surface area contributed by atoms with E-state index in [1.165, 1.54) is 27.6 Å². The minimum absolute atomic E-state index is 0.0101. The van der Waals surface area contributed by atoms with Crippen molar-refractivity contribution in [1.29, 1.82) is 0 Å². The lowest BCUT2D eigenvalue weighted by atomic mass is 9.82. The largest absolute Gasteiger partial charge is 0.456 e. The molecule has 3 aromatic heterocycles. The Bertz CT molecular complexity index is 2510. The molecule has 0 spiro atoms. The summed E-state index contributed by atoms with van der Waals surface area (Å²) in [4.78, 5) is 17.8. The quantitative estimate of drug-likeness (QED) is 0.200. The lowest BCUT2D eigenvalue weighted by Crippen LogP contribution is -2.15. The number of hydrogen-bond donors (Lipinski definition) is 0. The zero-order valence-corrected chi connectivity index (χ0v) is 23.8. The summed E-state index contributed by atoms with van der Waals surface area (Å²) in [5.74, 6) is 0. The number of para-hydroxylation sites is 2. The van der Waals surface area contributed by atoms with Crippen molar-refractivity contribution in [1.82, 2.24) is 9.55 Å². The smallest absolute Gasteiger partial charge is 0.200 e. The summed E-state index contributed by atoms with van der Waals surface area (Å²) in [6.45, 7) is 4.64. The van der Waals surface area contributed by atoms with Crippen LogP contribution >= 0.6 is 0 Å². The Morgan fingerprint density at radius 2 is 1.40 bits per heavy atom. The molecular weight excluding hydrogens is 528 g/mol. The van der Waals surface area contributed by atoms with Crippen molar-refractivity contribution in [2.24, 2.45) is 0 Å². The summed E-state index contributed by atoms with van der Waals surface area (Å²) in [5.41, 5.74) is 11.7. The predicted molar refractivity (Wildman–Crippen MR) is 175 cm³/mol. The van der Waals surface area contributed by atoms with Gasteiger partial charge in [-0.15, -0.1) is 0 Å². The first-order valence-electron chi connectivity index (χ1n) is 14.6. The Morgan fingerprint density at radius 3 is 2.30 bits per heavy atom. The van der Waals surface area contributed by atoms with Crippen LogP contribution in [0, 0.1) is 0 Å². The minimum atomic E-state index is -0.113. The van der Waals surface area contributed by atoms with Gasteiger partial charge < -0.3 is 8.98 Å². The molecule has 9 rings (SSSR count). The summed E-state index contributed by atoms with van der Waals surface area (Å²) in [6, 6.07) is 37.4. The Kier molecular flexibility index (Phi) is 4.79. The van der Waals surface area contributed by atoms with Gasteiger partial charge in [0.15, 0.2) is 0 Å². The molecule has 8 aromatic rings. The number of benzene rings is 5. The summed E-state index contributed by atoms with van der Waals surface area (Å²) >= 11 is 0. The van der Waals surface area contributed by atoms with Crippen LogP contribution in [0.3, 0.4) is 0 Å². The van der Waals surface area contributed by atoms with Crippen molar-refractivity contribution >= 4 is 43.7 Å². The highest BCUT2D eigenvalue weighted by atomic mass is 16.3. The Morgan fingerprint density at radius 1 is 0.628 bits per heavy atom. The van der Waals surface area contributed by atoms with E-state index in [1.807, 2.05) is 54.9 Å². The maximum Gasteiger partial charge on any atom is 0.200 e. The molecule has 43 heavy (non-hydrogen) atoms. The molecule has 0 N–H and O–H groups in total. The van der Waals surface area contributed by atoms with Crippen molar-refractivity contribution in [3.05, 3.63) is 143 Å². The summed E-state index contributed by atoms with van der Waals surface area (Å²) in [5, 5.41) is 3.48. The zero-order chi connectivity index (χ0) is 28.9. The summed E-state index contributed by atoms with van der Waals surface area (Å²) in [6.07, 6.45) is 3.84. The van der Waals surface area contributed by atoms with Crippen molar-refractivity contribution in [3.8, 4) is 27.9 Å². The number of rotatable bonds is 2. The van der Waals surface area contributed by atoms with E-state index in [9.17, 15) is 4.79 Å². The molecule has 0 radical (unpaired) electrons. The molecule has 1 aliphatic rings. The zero-order valence-electron chi connectivity index (χ0n) is 23.8. The highest BCUT2D eigenvalue weighted by Crippen LogP contribution is 2.51. The van der Waals surface area contributed by atoms with Crippen molar-refractivity contribution in [3.63, 3.8) is 0 Å². The van der Waals surface area contributed by atoms with Crippen molar-refractivity contribution in [2.75, 3.05) is 0 Å². The maximum atomic E-state index is 13.2. The molecule has 204 valence electrons. The molecule has 4 nitrogen and oxygen atoms in total. The Labute approximate surface area is 247 Å². The molecule has 0 bridgehead atoms. The van der Waals surface area contributed by atoms with E-state index in [1.54, 1.807) is 0 Å². The SMILES string of the molecule is CC1(C)c2ccccc2-c2cc3c4cnccc4n(-c4ccccc4-c4ccc5c(=O)c6ccccc6oc5c4)c3cc21. The molecule has 0 aliphatic heterocycles. The third-order valence-electron chi connectivity index (χ3n) is 9.30. The first-order chi connectivity index (χ1) is 21.0. The molecule has 0 fully saturated rings. The average molecular weight is 555 g/mol. The van der Waals surface area contributed by atoms with Crippen molar-refractivity contribution in [2.45, 2.75) is 19.3 Å². The van der Waals surface area contributed by atoms with Gasteiger partial charge in [-0.05, 0) is 76.3 Å². The molecular formula is C39H26N2O2. The van der Waals surface area contributed by atoms with Crippen LogP contribution in [0.4, 0.5) is 0 Å². The monoisotopic (exact) mass is 554 g/mol. The topological polar surface area (TPSA) is 48.0 Å². The minimum Gasteiger partial charge on any atom is -0.456 e. The van der Waals surface area contributed by atoms with Gasteiger partial charge in [-0.1, -0.05) is 74.5 Å². The van der Waals surface area contributed by atoms with Gasteiger partial charge in [0.05, 0.1) is 27.5 Å². The molecule has 5 aromatic carbocycles. The number of fused-ring (bicyclic) bond motifs is 8. The average Bonchev–Trinajstić information content (AvgIpc) is 3.48. The van der Waals surface area contributed by atoms with Gasteiger partial charge >= 0.3 is 0 Å². The Hall–Kier alpha value is -5.48. The third kappa shape index (κ3) is 3.26. The van der Waals surface area contributed by atoms with Gasteiger partial charge in [0.2, 0.25) is 5.43 Å². The second-order valence-corrected chi connectivity index (χ2v) is 12.0. The lowest BCUT2D eigenvalue weighted by Gasteiger charge is -2.22. The number of pyridine rings is 1. The van der Waals surface area contributed by atoms with Crippen LogP contribution < -0.4 is 5.43 Å².